The molecular formula is C14H20N2O2. The predicted octanol–water partition coefficient (Wildman–Crippen LogP) is 2.72. The fraction of sp³-hybridized carbons (Fsp3) is 0.500. The summed E-state index contributed by atoms with van der Waals surface area (Å²) in [5.41, 5.74) is 0.772. The number of benzene rings is 1. The topological polar surface area (TPSA) is 41.6 Å². The highest BCUT2D eigenvalue weighted by atomic mass is 16.6. The lowest BCUT2D eigenvalue weighted by atomic mass is 10.1. The zero-order chi connectivity index (χ0) is 12.8. The van der Waals surface area contributed by atoms with Crippen LogP contribution in [0.25, 0.3) is 0 Å². The lowest BCUT2D eigenvalue weighted by molar-refractivity contribution is 0.0606. The highest BCUT2D eigenvalue weighted by molar-refractivity contribution is 5.84. The molecule has 0 aromatic heterocycles. The maximum atomic E-state index is 11.7. The zero-order valence-corrected chi connectivity index (χ0v) is 10.8. The minimum absolute atomic E-state index is 0.0523. The third-order valence-corrected chi connectivity index (χ3v) is 3.28. The van der Waals surface area contributed by atoms with Crippen LogP contribution in [0.2, 0.25) is 0 Å². The molecule has 1 amide bonds. The molecule has 1 saturated heterocycles. The molecular weight excluding hydrogens is 228 g/mol. The second kappa shape index (κ2) is 6.40. The molecule has 1 N–H and O–H groups in total. The van der Waals surface area contributed by atoms with Gasteiger partial charge in [-0.25, -0.2) is 4.79 Å². The number of carbonyl (C=O) groups excluding carboxylic acids is 1. The van der Waals surface area contributed by atoms with Gasteiger partial charge in [0.15, 0.2) is 0 Å². The highest BCUT2D eigenvalue weighted by Crippen LogP contribution is 2.14. The summed E-state index contributed by atoms with van der Waals surface area (Å²) in [6.45, 7) is 5.26. The minimum Gasteiger partial charge on any atom is -0.446 e. The number of hydrogen-bond acceptors (Lipinski definition) is 3. The van der Waals surface area contributed by atoms with Gasteiger partial charge in [0.1, 0.15) is 6.10 Å². The molecule has 0 radical (unpaired) electrons. The quantitative estimate of drug-likeness (QED) is 0.894. The van der Waals surface area contributed by atoms with Gasteiger partial charge >= 0.3 is 6.09 Å². The van der Waals surface area contributed by atoms with E-state index in [9.17, 15) is 4.79 Å². The van der Waals surface area contributed by atoms with Crippen molar-refractivity contribution < 1.29 is 9.53 Å². The number of carbonyl (C=O) groups is 1. The lowest BCUT2D eigenvalue weighted by Crippen LogP contribution is -2.38. The van der Waals surface area contributed by atoms with Crippen LogP contribution in [0.4, 0.5) is 10.5 Å². The number of hydrogen-bond donors (Lipinski definition) is 1. The number of piperidine rings is 1. The van der Waals surface area contributed by atoms with Crippen molar-refractivity contribution in [3.8, 4) is 0 Å². The summed E-state index contributed by atoms with van der Waals surface area (Å²) < 4.78 is 5.41. The van der Waals surface area contributed by atoms with E-state index in [1.54, 1.807) is 0 Å². The summed E-state index contributed by atoms with van der Waals surface area (Å²) in [5, 5.41) is 2.74. The van der Waals surface area contributed by atoms with Crippen molar-refractivity contribution in [2.75, 3.05) is 25.0 Å². The number of likely N-dealkylation sites (tertiary alicyclic amines) is 1. The van der Waals surface area contributed by atoms with E-state index in [0.29, 0.717) is 0 Å². The van der Waals surface area contributed by atoms with Crippen LogP contribution in [0.1, 0.15) is 19.8 Å². The lowest BCUT2D eigenvalue weighted by Gasteiger charge is -2.30. The van der Waals surface area contributed by atoms with Gasteiger partial charge < -0.3 is 9.64 Å². The smallest absolute Gasteiger partial charge is 0.411 e. The van der Waals surface area contributed by atoms with Crippen LogP contribution in [0.15, 0.2) is 30.3 Å². The minimum atomic E-state index is -0.351. The van der Waals surface area contributed by atoms with Gasteiger partial charge in [-0.3, -0.25) is 5.32 Å². The third-order valence-electron chi connectivity index (χ3n) is 3.28. The summed E-state index contributed by atoms with van der Waals surface area (Å²) in [7, 11) is 0. The van der Waals surface area contributed by atoms with Crippen LogP contribution < -0.4 is 5.32 Å². The number of para-hydroxylation sites is 1. The fourth-order valence-electron chi connectivity index (χ4n) is 2.16. The van der Waals surface area contributed by atoms with Gasteiger partial charge in [0, 0.05) is 18.8 Å². The molecule has 4 nitrogen and oxygen atoms in total. The van der Waals surface area contributed by atoms with E-state index in [1.807, 2.05) is 30.3 Å². The number of rotatable bonds is 3. The Bertz CT molecular complexity index is 373. The second-order valence-electron chi connectivity index (χ2n) is 4.53. The Balaban J connectivity index is 1.75. The van der Waals surface area contributed by atoms with Crippen molar-refractivity contribution in [1.82, 2.24) is 4.90 Å². The monoisotopic (exact) mass is 248 g/mol. The number of amides is 1. The van der Waals surface area contributed by atoms with E-state index in [1.165, 1.54) is 0 Å². The van der Waals surface area contributed by atoms with Gasteiger partial charge in [-0.15, -0.1) is 0 Å². The molecule has 0 aliphatic carbocycles. The summed E-state index contributed by atoms with van der Waals surface area (Å²) in [5.74, 6) is 0. The fourth-order valence-corrected chi connectivity index (χ4v) is 2.16. The van der Waals surface area contributed by atoms with Gasteiger partial charge in [0.05, 0.1) is 0 Å². The molecule has 1 heterocycles. The van der Waals surface area contributed by atoms with Crippen LogP contribution in [0.3, 0.4) is 0 Å². The molecule has 0 saturated carbocycles. The zero-order valence-electron chi connectivity index (χ0n) is 10.8. The van der Waals surface area contributed by atoms with E-state index >= 15 is 0 Å². The Hall–Kier alpha value is -1.55. The maximum Gasteiger partial charge on any atom is 0.411 e. The van der Waals surface area contributed by atoms with Crippen molar-refractivity contribution in [2.45, 2.75) is 25.9 Å². The molecule has 0 bridgehead atoms. The highest BCUT2D eigenvalue weighted by Gasteiger charge is 2.21. The van der Waals surface area contributed by atoms with Gasteiger partial charge in [-0.2, -0.15) is 0 Å². The first-order valence-electron chi connectivity index (χ1n) is 6.53. The normalized spacial score (nSPS) is 17.4. The summed E-state index contributed by atoms with van der Waals surface area (Å²) >= 11 is 0. The predicted molar refractivity (Wildman–Crippen MR) is 71.7 cm³/mol. The van der Waals surface area contributed by atoms with Crippen molar-refractivity contribution in [2.24, 2.45) is 0 Å². The van der Waals surface area contributed by atoms with Gasteiger partial charge in [-0.1, -0.05) is 25.1 Å². The maximum absolute atomic E-state index is 11.7. The van der Waals surface area contributed by atoms with Crippen molar-refractivity contribution in [1.29, 1.82) is 0 Å². The molecule has 0 atom stereocenters. The molecule has 4 heteroatoms. The van der Waals surface area contributed by atoms with Crippen LogP contribution in [-0.4, -0.2) is 36.7 Å². The molecule has 1 fully saturated rings. The Kier molecular flexibility index (Phi) is 4.59. The largest absolute Gasteiger partial charge is 0.446 e. The Morgan fingerprint density at radius 1 is 1.33 bits per heavy atom. The van der Waals surface area contributed by atoms with Crippen molar-refractivity contribution in [3.05, 3.63) is 30.3 Å². The van der Waals surface area contributed by atoms with E-state index in [0.717, 1.165) is 38.2 Å². The van der Waals surface area contributed by atoms with Gasteiger partial charge in [0.2, 0.25) is 0 Å². The Morgan fingerprint density at radius 2 is 2.00 bits per heavy atom. The Labute approximate surface area is 108 Å². The first kappa shape index (κ1) is 12.9. The van der Waals surface area contributed by atoms with E-state index in [2.05, 4.69) is 17.1 Å². The van der Waals surface area contributed by atoms with E-state index in [4.69, 9.17) is 4.74 Å². The van der Waals surface area contributed by atoms with Crippen LogP contribution in [0.5, 0.6) is 0 Å². The molecule has 98 valence electrons. The number of nitrogens with zero attached hydrogens (tertiary/aromatic N) is 1. The van der Waals surface area contributed by atoms with Crippen LogP contribution in [-0.2, 0) is 4.74 Å². The summed E-state index contributed by atoms with van der Waals surface area (Å²) in [6.07, 6.45) is 1.55. The SMILES string of the molecule is CCN1CCC(OC(=O)Nc2ccccc2)CC1. The average molecular weight is 248 g/mol. The van der Waals surface area contributed by atoms with E-state index < -0.39 is 0 Å². The molecule has 1 aromatic rings. The van der Waals surface area contributed by atoms with Crippen molar-refractivity contribution >= 4 is 11.8 Å². The van der Waals surface area contributed by atoms with Crippen LogP contribution >= 0.6 is 0 Å². The second-order valence-corrected chi connectivity index (χ2v) is 4.53. The number of ether oxygens (including phenoxy) is 1. The first-order chi connectivity index (χ1) is 8.78. The van der Waals surface area contributed by atoms with Gasteiger partial charge in [-0.05, 0) is 31.5 Å². The van der Waals surface area contributed by atoms with Crippen LogP contribution in [0, 0.1) is 0 Å². The van der Waals surface area contributed by atoms with E-state index in [-0.39, 0.29) is 12.2 Å². The standard InChI is InChI=1S/C14H20N2O2/c1-2-16-10-8-13(9-11-16)18-14(17)15-12-6-4-3-5-7-12/h3-7,13H,2,8-11H2,1H3,(H,15,17). The molecule has 0 unspecified atom stereocenters. The van der Waals surface area contributed by atoms with Crippen molar-refractivity contribution in [3.63, 3.8) is 0 Å². The third kappa shape index (κ3) is 3.74. The first-order valence-corrected chi connectivity index (χ1v) is 6.53. The Morgan fingerprint density at radius 3 is 2.61 bits per heavy atom. The molecule has 1 aliphatic heterocycles. The molecule has 1 aliphatic rings. The van der Waals surface area contributed by atoms with Gasteiger partial charge in [0.25, 0.3) is 0 Å². The summed E-state index contributed by atoms with van der Waals surface area (Å²) in [6, 6.07) is 9.38. The number of anilines is 1. The summed E-state index contributed by atoms with van der Waals surface area (Å²) in [4.78, 5) is 14.1. The number of nitrogens with one attached hydrogen (secondary N) is 1. The molecule has 18 heavy (non-hydrogen) atoms. The average Bonchev–Trinajstić information content (AvgIpc) is 2.40. The molecule has 0 spiro atoms. The molecule has 1 aromatic carbocycles. The molecule has 2 rings (SSSR count).